The summed E-state index contributed by atoms with van der Waals surface area (Å²) in [5.74, 6) is 0.533. The van der Waals surface area contributed by atoms with Crippen molar-refractivity contribution in [1.82, 2.24) is 0 Å². The van der Waals surface area contributed by atoms with Crippen molar-refractivity contribution in [2.75, 3.05) is 13.2 Å². The Kier molecular flexibility index (Phi) is 5.15. The highest BCUT2D eigenvalue weighted by Crippen LogP contribution is 2.23. The van der Waals surface area contributed by atoms with Crippen LogP contribution in [0.3, 0.4) is 0 Å². The normalized spacial score (nSPS) is 10.4. The number of Topliss-reactive ketones (excluding diaryl/α,β-unsaturated/α-hetero) is 1. The molecule has 0 heterocycles. The summed E-state index contributed by atoms with van der Waals surface area (Å²) in [7, 11) is 0. The van der Waals surface area contributed by atoms with Gasteiger partial charge in [-0.15, -0.1) is 0 Å². The van der Waals surface area contributed by atoms with Gasteiger partial charge in [-0.3, -0.25) is 4.79 Å². The van der Waals surface area contributed by atoms with E-state index < -0.39 is 5.82 Å². The fraction of sp³-hybridized carbons (Fsp3) is 0.278. The van der Waals surface area contributed by atoms with Crippen LogP contribution >= 0.6 is 0 Å². The van der Waals surface area contributed by atoms with E-state index in [4.69, 9.17) is 9.47 Å². The van der Waals surface area contributed by atoms with Gasteiger partial charge in [-0.05, 0) is 50.1 Å². The Morgan fingerprint density at radius 2 is 1.68 bits per heavy atom. The van der Waals surface area contributed by atoms with Crippen LogP contribution < -0.4 is 9.47 Å². The molecule has 0 bridgehead atoms. The molecule has 0 amide bonds. The lowest BCUT2D eigenvalue weighted by Crippen LogP contribution is -2.12. The average Bonchev–Trinajstić information content (AvgIpc) is 2.47. The van der Waals surface area contributed by atoms with E-state index in [2.05, 4.69) is 0 Å². The molecule has 2 rings (SSSR count). The fourth-order valence-electron chi connectivity index (χ4n) is 2.23. The Labute approximate surface area is 129 Å². The molecule has 0 aliphatic carbocycles. The number of hydrogen-bond donors (Lipinski definition) is 0. The number of hydrogen-bond acceptors (Lipinski definition) is 3. The van der Waals surface area contributed by atoms with E-state index in [1.54, 1.807) is 0 Å². The molecule has 0 saturated heterocycles. The van der Waals surface area contributed by atoms with Crippen LogP contribution in [-0.4, -0.2) is 19.0 Å². The van der Waals surface area contributed by atoms with Crippen molar-refractivity contribution in [3.8, 4) is 11.5 Å². The van der Waals surface area contributed by atoms with Crippen molar-refractivity contribution in [3.05, 3.63) is 58.9 Å². The van der Waals surface area contributed by atoms with Crippen LogP contribution in [-0.2, 0) is 0 Å². The first kappa shape index (κ1) is 16.0. The van der Waals surface area contributed by atoms with E-state index in [0.717, 1.165) is 16.9 Å². The van der Waals surface area contributed by atoms with Crippen molar-refractivity contribution in [3.63, 3.8) is 0 Å². The highest BCUT2D eigenvalue weighted by molar-refractivity contribution is 5.96. The zero-order valence-electron chi connectivity index (χ0n) is 13.0. The molecule has 0 unspecified atom stereocenters. The first-order chi connectivity index (χ1) is 10.5. The van der Waals surface area contributed by atoms with E-state index in [9.17, 15) is 9.18 Å². The van der Waals surface area contributed by atoms with Crippen LogP contribution in [0.1, 0.15) is 28.4 Å². The molecule has 0 fully saturated rings. The molecule has 2 aromatic carbocycles. The minimum absolute atomic E-state index is 0.231. The van der Waals surface area contributed by atoms with Gasteiger partial charge in [0.15, 0.2) is 5.78 Å². The van der Waals surface area contributed by atoms with E-state index in [1.165, 1.54) is 25.1 Å². The Balaban J connectivity index is 1.96. The molecule has 2 aromatic rings. The number of rotatable bonds is 6. The van der Waals surface area contributed by atoms with Gasteiger partial charge in [0.25, 0.3) is 0 Å². The van der Waals surface area contributed by atoms with Gasteiger partial charge in [0.05, 0.1) is 5.56 Å². The summed E-state index contributed by atoms with van der Waals surface area (Å²) < 4.78 is 24.4. The molecule has 0 aliphatic heterocycles. The molecular formula is C18H19FO3. The molecule has 0 radical (unpaired) electrons. The number of aryl methyl sites for hydroxylation is 2. The van der Waals surface area contributed by atoms with Crippen molar-refractivity contribution in [2.24, 2.45) is 0 Å². The SMILES string of the molecule is CC(=O)c1cc(F)ccc1OCCOc1c(C)cccc1C. The Morgan fingerprint density at radius 3 is 2.32 bits per heavy atom. The molecule has 0 aromatic heterocycles. The van der Waals surface area contributed by atoms with E-state index in [0.29, 0.717) is 12.4 Å². The third kappa shape index (κ3) is 3.85. The lowest BCUT2D eigenvalue weighted by Gasteiger charge is -2.13. The zero-order chi connectivity index (χ0) is 16.1. The van der Waals surface area contributed by atoms with Crippen LogP contribution in [0.5, 0.6) is 11.5 Å². The summed E-state index contributed by atoms with van der Waals surface area (Å²) in [6, 6.07) is 9.86. The Hall–Kier alpha value is -2.36. The minimum atomic E-state index is -0.454. The van der Waals surface area contributed by atoms with Crippen LogP contribution in [0, 0.1) is 19.7 Å². The standard InChI is InChI=1S/C18H19FO3/c1-12-5-4-6-13(2)18(12)22-10-9-21-17-8-7-15(19)11-16(17)14(3)20/h4-8,11H,9-10H2,1-3H3. The number of carbonyl (C=O) groups is 1. The number of halogens is 1. The van der Waals surface area contributed by atoms with E-state index in [-0.39, 0.29) is 18.0 Å². The second-order valence-electron chi connectivity index (χ2n) is 5.11. The predicted molar refractivity (Wildman–Crippen MR) is 83.3 cm³/mol. The van der Waals surface area contributed by atoms with Crippen LogP contribution in [0.15, 0.2) is 36.4 Å². The number of para-hydroxylation sites is 1. The van der Waals surface area contributed by atoms with Crippen molar-refractivity contribution < 1.29 is 18.7 Å². The number of carbonyl (C=O) groups excluding carboxylic acids is 1. The van der Waals surface area contributed by atoms with Crippen LogP contribution in [0.2, 0.25) is 0 Å². The topological polar surface area (TPSA) is 35.5 Å². The van der Waals surface area contributed by atoms with Crippen LogP contribution in [0.25, 0.3) is 0 Å². The molecule has 22 heavy (non-hydrogen) atoms. The monoisotopic (exact) mass is 302 g/mol. The summed E-state index contributed by atoms with van der Waals surface area (Å²) in [5.41, 5.74) is 2.37. The lowest BCUT2D eigenvalue weighted by molar-refractivity contribution is 0.101. The van der Waals surface area contributed by atoms with Crippen molar-refractivity contribution in [1.29, 1.82) is 0 Å². The molecule has 0 saturated carbocycles. The lowest BCUT2D eigenvalue weighted by atomic mass is 10.1. The third-order valence-corrected chi connectivity index (χ3v) is 3.32. The maximum atomic E-state index is 13.2. The van der Waals surface area contributed by atoms with Gasteiger partial charge in [0, 0.05) is 0 Å². The van der Waals surface area contributed by atoms with Gasteiger partial charge in [-0.2, -0.15) is 0 Å². The molecule has 0 atom stereocenters. The summed E-state index contributed by atoms with van der Waals surface area (Å²) in [6.07, 6.45) is 0. The molecule has 0 aliphatic rings. The molecule has 0 spiro atoms. The molecule has 4 heteroatoms. The van der Waals surface area contributed by atoms with Gasteiger partial charge in [-0.1, -0.05) is 18.2 Å². The van der Waals surface area contributed by atoms with Crippen molar-refractivity contribution in [2.45, 2.75) is 20.8 Å². The van der Waals surface area contributed by atoms with Gasteiger partial charge >= 0.3 is 0 Å². The van der Waals surface area contributed by atoms with E-state index in [1.807, 2.05) is 32.0 Å². The molecule has 3 nitrogen and oxygen atoms in total. The summed E-state index contributed by atoms with van der Waals surface area (Å²) in [6.45, 7) is 5.98. The maximum Gasteiger partial charge on any atom is 0.163 e. The van der Waals surface area contributed by atoms with Gasteiger partial charge in [0.2, 0.25) is 0 Å². The fourth-order valence-corrected chi connectivity index (χ4v) is 2.23. The summed E-state index contributed by atoms with van der Waals surface area (Å²) in [5, 5.41) is 0. The molecule has 0 N–H and O–H groups in total. The zero-order valence-corrected chi connectivity index (χ0v) is 13.0. The Morgan fingerprint density at radius 1 is 1.05 bits per heavy atom. The smallest absolute Gasteiger partial charge is 0.163 e. The number of ketones is 1. The maximum absolute atomic E-state index is 13.2. The van der Waals surface area contributed by atoms with Crippen molar-refractivity contribution >= 4 is 5.78 Å². The predicted octanol–water partition coefficient (Wildman–Crippen LogP) is 4.10. The van der Waals surface area contributed by atoms with Gasteiger partial charge in [0.1, 0.15) is 30.5 Å². The summed E-state index contributed by atoms with van der Waals surface area (Å²) >= 11 is 0. The number of benzene rings is 2. The van der Waals surface area contributed by atoms with Crippen LogP contribution in [0.4, 0.5) is 4.39 Å². The highest BCUT2D eigenvalue weighted by Gasteiger charge is 2.10. The second kappa shape index (κ2) is 7.07. The molecule has 116 valence electrons. The largest absolute Gasteiger partial charge is 0.489 e. The van der Waals surface area contributed by atoms with Gasteiger partial charge < -0.3 is 9.47 Å². The molecular weight excluding hydrogens is 283 g/mol. The second-order valence-corrected chi connectivity index (χ2v) is 5.11. The quantitative estimate of drug-likeness (QED) is 0.595. The third-order valence-electron chi connectivity index (χ3n) is 3.32. The van der Waals surface area contributed by atoms with E-state index >= 15 is 0 Å². The first-order valence-corrected chi connectivity index (χ1v) is 7.11. The summed E-state index contributed by atoms with van der Waals surface area (Å²) in [4.78, 5) is 11.5. The van der Waals surface area contributed by atoms with Gasteiger partial charge in [-0.25, -0.2) is 4.39 Å². The average molecular weight is 302 g/mol. The minimum Gasteiger partial charge on any atom is -0.489 e. The first-order valence-electron chi connectivity index (χ1n) is 7.11. The number of ether oxygens (including phenoxy) is 2. The highest BCUT2D eigenvalue weighted by atomic mass is 19.1. The Bertz CT molecular complexity index is 660.